The number of fused-ring (bicyclic) bond motifs is 2. The van der Waals surface area contributed by atoms with Gasteiger partial charge in [-0.1, -0.05) is 30.3 Å². The molecule has 0 unspecified atom stereocenters. The van der Waals surface area contributed by atoms with E-state index in [0.29, 0.717) is 30.5 Å². The molecule has 0 spiro atoms. The Hall–Kier alpha value is -3.68. The predicted octanol–water partition coefficient (Wildman–Crippen LogP) is 4.18. The van der Waals surface area contributed by atoms with Crippen LogP contribution in [0.2, 0.25) is 0 Å². The number of phenols is 1. The van der Waals surface area contributed by atoms with Gasteiger partial charge in [0.15, 0.2) is 11.5 Å². The van der Waals surface area contributed by atoms with Crippen LogP contribution in [0.4, 0.5) is 0 Å². The van der Waals surface area contributed by atoms with Crippen LogP contribution in [0, 0.1) is 0 Å². The molecule has 1 aliphatic heterocycles. The van der Waals surface area contributed by atoms with Gasteiger partial charge in [0.2, 0.25) is 5.75 Å². The molecule has 3 aromatic carbocycles. The van der Waals surface area contributed by atoms with Gasteiger partial charge >= 0.3 is 0 Å². The minimum absolute atomic E-state index is 0.219. The Morgan fingerprint density at radius 2 is 1.75 bits per heavy atom. The lowest BCUT2D eigenvalue weighted by Crippen LogP contribution is -2.17. The summed E-state index contributed by atoms with van der Waals surface area (Å²) in [5.74, 6) is 7.05. The molecular formula is C25H26N2O5. The highest BCUT2D eigenvalue weighted by Gasteiger charge is 2.19. The Morgan fingerprint density at radius 1 is 0.969 bits per heavy atom. The number of hydrogen-bond acceptors (Lipinski definition) is 6. The van der Waals surface area contributed by atoms with Crippen molar-refractivity contribution in [2.45, 2.75) is 12.8 Å². The van der Waals surface area contributed by atoms with Crippen molar-refractivity contribution in [2.24, 2.45) is 5.90 Å². The summed E-state index contributed by atoms with van der Waals surface area (Å²) < 4.78 is 11.0. The van der Waals surface area contributed by atoms with Gasteiger partial charge in [0.1, 0.15) is 19.0 Å². The van der Waals surface area contributed by atoms with Crippen LogP contribution < -0.4 is 20.2 Å². The largest absolute Gasteiger partial charge is 0.508 e. The minimum Gasteiger partial charge on any atom is -0.508 e. The number of aryl methyl sites for hydroxylation is 1. The fourth-order valence-corrected chi connectivity index (χ4v) is 3.64. The number of nitrogens with two attached hydrogens (primary N) is 1. The highest BCUT2D eigenvalue weighted by Crippen LogP contribution is 2.42. The second-order valence-corrected chi connectivity index (χ2v) is 7.35. The molecule has 0 aliphatic carbocycles. The SMILES string of the molecule is NOc1cc(-c2ccc(O)cc2)cc2c1OCCO2.OCCCc1c[nH]c2ccccc12. The van der Waals surface area contributed by atoms with Gasteiger partial charge in [-0.2, -0.15) is 5.90 Å². The molecule has 1 aromatic heterocycles. The lowest BCUT2D eigenvalue weighted by Gasteiger charge is -2.21. The summed E-state index contributed by atoms with van der Waals surface area (Å²) >= 11 is 0. The standard InChI is InChI=1S/C14H13NO4.C11H13NO/c15-19-13-8-10(9-1-3-11(16)4-2-9)7-12-14(13)18-6-5-17-12;13-7-3-4-9-8-12-11-6-2-1-5-10(9)11/h1-4,7-8,16H,5-6,15H2;1-2,5-6,8,12-13H,3-4,7H2. The Morgan fingerprint density at radius 3 is 2.53 bits per heavy atom. The van der Waals surface area contributed by atoms with Crippen LogP contribution in [0.25, 0.3) is 22.0 Å². The first-order chi connectivity index (χ1) is 15.7. The average Bonchev–Trinajstić information content (AvgIpc) is 3.26. The zero-order valence-corrected chi connectivity index (χ0v) is 17.6. The molecule has 7 heteroatoms. The number of para-hydroxylation sites is 1. The molecule has 1 aliphatic rings. The van der Waals surface area contributed by atoms with E-state index in [0.717, 1.165) is 24.0 Å². The number of aromatic nitrogens is 1. The lowest BCUT2D eigenvalue weighted by molar-refractivity contribution is 0.162. The number of phenolic OH excluding ortho intramolecular Hbond substituents is 1. The number of aromatic hydroxyl groups is 1. The Kier molecular flexibility index (Phi) is 6.79. The molecular weight excluding hydrogens is 408 g/mol. The normalized spacial score (nSPS) is 12.2. The topological polar surface area (TPSA) is 110 Å². The maximum Gasteiger partial charge on any atom is 0.206 e. The van der Waals surface area contributed by atoms with Crippen molar-refractivity contribution in [3.05, 3.63) is 72.4 Å². The molecule has 5 rings (SSSR count). The molecule has 0 saturated carbocycles. The van der Waals surface area contributed by atoms with E-state index >= 15 is 0 Å². The molecule has 0 amide bonds. The molecule has 0 saturated heterocycles. The highest BCUT2D eigenvalue weighted by molar-refractivity contribution is 5.83. The van der Waals surface area contributed by atoms with Crippen molar-refractivity contribution in [2.75, 3.05) is 19.8 Å². The minimum atomic E-state index is 0.219. The first kappa shape index (κ1) is 21.5. The second-order valence-electron chi connectivity index (χ2n) is 7.35. The molecule has 0 atom stereocenters. The maximum atomic E-state index is 9.31. The molecule has 32 heavy (non-hydrogen) atoms. The van der Waals surface area contributed by atoms with Gasteiger partial charge < -0.3 is 29.5 Å². The average molecular weight is 434 g/mol. The molecule has 4 aromatic rings. The van der Waals surface area contributed by atoms with Crippen LogP contribution in [0.15, 0.2) is 66.9 Å². The summed E-state index contributed by atoms with van der Waals surface area (Å²) in [6.45, 7) is 1.23. The van der Waals surface area contributed by atoms with Crippen LogP contribution >= 0.6 is 0 Å². The molecule has 0 bridgehead atoms. The number of H-pyrrole nitrogens is 1. The van der Waals surface area contributed by atoms with Gasteiger partial charge in [0.25, 0.3) is 0 Å². The number of aliphatic hydroxyl groups is 1. The summed E-state index contributed by atoms with van der Waals surface area (Å²) in [5.41, 5.74) is 4.28. The molecule has 7 nitrogen and oxygen atoms in total. The summed E-state index contributed by atoms with van der Waals surface area (Å²) in [5, 5.41) is 19.3. The molecule has 0 fully saturated rings. The van der Waals surface area contributed by atoms with Gasteiger partial charge in [-0.05, 0) is 59.9 Å². The summed E-state index contributed by atoms with van der Waals surface area (Å²) in [7, 11) is 0. The Labute approximate surface area is 185 Å². The third kappa shape index (κ3) is 4.80. The van der Waals surface area contributed by atoms with E-state index in [2.05, 4.69) is 17.1 Å². The first-order valence-corrected chi connectivity index (χ1v) is 10.4. The first-order valence-electron chi connectivity index (χ1n) is 10.4. The van der Waals surface area contributed by atoms with Gasteiger partial charge in [0, 0.05) is 23.7 Å². The van der Waals surface area contributed by atoms with Crippen molar-refractivity contribution < 1.29 is 24.5 Å². The van der Waals surface area contributed by atoms with E-state index in [9.17, 15) is 5.11 Å². The molecule has 166 valence electrons. The smallest absolute Gasteiger partial charge is 0.206 e. The van der Waals surface area contributed by atoms with Crippen molar-refractivity contribution in [1.29, 1.82) is 0 Å². The summed E-state index contributed by atoms with van der Waals surface area (Å²) in [4.78, 5) is 8.06. The van der Waals surface area contributed by atoms with Crippen molar-refractivity contribution in [3.63, 3.8) is 0 Å². The van der Waals surface area contributed by atoms with E-state index < -0.39 is 0 Å². The van der Waals surface area contributed by atoms with E-state index in [1.54, 1.807) is 30.3 Å². The molecule has 2 heterocycles. The zero-order chi connectivity index (χ0) is 22.3. The van der Waals surface area contributed by atoms with Crippen molar-refractivity contribution in [1.82, 2.24) is 4.98 Å². The zero-order valence-electron chi connectivity index (χ0n) is 17.6. The van der Waals surface area contributed by atoms with E-state index in [1.165, 1.54) is 16.5 Å². The van der Waals surface area contributed by atoms with Gasteiger partial charge in [-0.3, -0.25) is 0 Å². The van der Waals surface area contributed by atoms with Crippen LogP contribution in [-0.4, -0.2) is 35.0 Å². The van der Waals surface area contributed by atoms with Gasteiger partial charge in [-0.15, -0.1) is 0 Å². The number of hydrogen-bond donors (Lipinski definition) is 4. The third-order valence-electron chi connectivity index (χ3n) is 5.21. The van der Waals surface area contributed by atoms with Crippen LogP contribution in [0.3, 0.4) is 0 Å². The van der Waals surface area contributed by atoms with Crippen LogP contribution in [-0.2, 0) is 6.42 Å². The van der Waals surface area contributed by atoms with Crippen LogP contribution in [0.1, 0.15) is 12.0 Å². The van der Waals surface area contributed by atoms with E-state index in [-0.39, 0.29) is 12.4 Å². The Bertz CT molecular complexity index is 1150. The van der Waals surface area contributed by atoms with Gasteiger partial charge in [-0.25, -0.2) is 0 Å². The number of aliphatic hydroxyl groups excluding tert-OH is 1. The third-order valence-corrected chi connectivity index (χ3v) is 5.21. The lowest BCUT2D eigenvalue weighted by atomic mass is 10.0. The number of ether oxygens (including phenoxy) is 2. The highest BCUT2D eigenvalue weighted by atomic mass is 16.6. The van der Waals surface area contributed by atoms with Crippen molar-refractivity contribution in [3.8, 4) is 34.1 Å². The van der Waals surface area contributed by atoms with Crippen LogP contribution in [0.5, 0.6) is 23.0 Å². The fraction of sp³-hybridized carbons (Fsp3) is 0.200. The molecule has 0 radical (unpaired) electrons. The number of nitrogens with one attached hydrogen (secondary N) is 1. The number of benzene rings is 3. The van der Waals surface area contributed by atoms with E-state index in [4.69, 9.17) is 25.3 Å². The second kappa shape index (κ2) is 10.1. The summed E-state index contributed by atoms with van der Waals surface area (Å²) in [6.07, 6.45) is 3.81. The Balaban J connectivity index is 0.000000165. The quantitative estimate of drug-likeness (QED) is 0.351. The van der Waals surface area contributed by atoms with E-state index in [1.807, 2.05) is 24.4 Å². The predicted molar refractivity (Wildman–Crippen MR) is 123 cm³/mol. The van der Waals surface area contributed by atoms with Gasteiger partial charge in [0.05, 0.1) is 0 Å². The maximum absolute atomic E-state index is 9.31. The number of aromatic amines is 1. The fourth-order valence-electron chi connectivity index (χ4n) is 3.64. The molecule has 5 N–H and O–H groups in total. The monoisotopic (exact) mass is 434 g/mol. The van der Waals surface area contributed by atoms with Crippen molar-refractivity contribution >= 4 is 10.9 Å². The summed E-state index contributed by atoms with van der Waals surface area (Å²) in [6, 6.07) is 18.7. The number of rotatable bonds is 5.